The van der Waals surface area contributed by atoms with Crippen molar-refractivity contribution in [2.75, 3.05) is 18.8 Å². The number of benzene rings is 1. The maximum atomic E-state index is 15.1. The Kier molecular flexibility index (Phi) is 6.33. The number of nitrogens with zero attached hydrogens (tertiary/aromatic N) is 4. The minimum atomic E-state index is -2.90. The minimum absolute atomic E-state index is 0.107. The van der Waals surface area contributed by atoms with Crippen molar-refractivity contribution in [1.82, 2.24) is 9.97 Å². The number of aliphatic imine (C=N–C) groups is 1. The van der Waals surface area contributed by atoms with Crippen LogP contribution < -0.4 is 15.8 Å². The molecule has 1 aromatic carbocycles. The average molecular weight is 492 g/mol. The molecule has 1 amide bonds. The number of amides is 1. The van der Waals surface area contributed by atoms with Crippen LogP contribution in [0.25, 0.3) is 0 Å². The van der Waals surface area contributed by atoms with Crippen molar-refractivity contribution >= 4 is 17.4 Å². The Hall–Kier alpha value is -3.79. The lowest BCUT2D eigenvalue weighted by Gasteiger charge is -2.41. The van der Waals surface area contributed by atoms with E-state index < -0.39 is 48.0 Å². The monoisotopic (exact) mass is 492 g/mol. The average Bonchev–Trinajstić information content (AvgIpc) is 3.20. The Bertz CT molecular complexity index is 1200. The molecule has 0 aliphatic carbocycles. The van der Waals surface area contributed by atoms with Crippen LogP contribution >= 0.6 is 0 Å². The van der Waals surface area contributed by atoms with Gasteiger partial charge in [-0.1, -0.05) is 0 Å². The van der Waals surface area contributed by atoms with Gasteiger partial charge in [0.25, 0.3) is 12.3 Å². The van der Waals surface area contributed by atoms with E-state index in [0.717, 1.165) is 18.5 Å². The van der Waals surface area contributed by atoms with E-state index in [2.05, 4.69) is 25.0 Å². The molecule has 3 heterocycles. The summed E-state index contributed by atoms with van der Waals surface area (Å²) in [6, 6.07) is 5.59. The highest BCUT2D eigenvalue weighted by Gasteiger charge is 2.60. The number of nitrogens with one attached hydrogen (secondary N) is 1. The second kappa shape index (κ2) is 9.10. The number of rotatable bonds is 6. The van der Waals surface area contributed by atoms with E-state index in [1.165, 1.54) is 19.1 Å². The molecule has 13 heteroatoms. The van der Waals surface area contributed by atoms with Crippen LogP contribution in [0.4, 0.5) is 23.2 Å². The predicted molar refractivity (Wildman–Crippen MR) is 114 cm³/mol. The third kappa shape index (κ3) is 4.25. The van der Waals surface area contributed by atoms with Gasteiger partial charge in [-0.3, -0.25) is 9.79 Å². The topological polar surface area (TPSA) is 136 Å². The molecular formula is C22H20F4N6O3. The molecule has 35 heavy (non-hydrogen) atoms. The molecule has 1 fully saturated rings. The molecule has 2 aliphatic heterocycles. The first-order chi connectivity index (χ1) is 16.6. The molecule has 0 saturated carbocycles. The van der Waals surface area contributed by atoms with E-state index in [-0.39, 0.29) is 41.7 Å². The van der Waals surface area contributed by atoms with Gasteiger partial charge in [-0.2, -0.15) is 5.26 Å². The number of fused-ring (bicyclic) bond motifs is 1. The molecule has 0 spiro atoms. The highest BCUT2D eigenvalue weighted by Crippen LogP contribution is 2.53. The van der Waals surface area contributed by atoms with Crippen LogP contribution in [0.1, 0.15) is 29.4 Å². The fourth-order valence-corrected chi connectivity index (χ4v) is 4.38. The number of carbonyl (C=O) groups is 1. The van der Waals surface area contributed by atoms with Gasteiger partial charge in [0.05, 0.1) is 25.1 Å². The lowest BCUT2D eigenvalue weighted by molar-refractivity contribution is -0.0430. The molecule has 0 unspecified atom stereocenters. The summed E-state index contributed by atoms with van der Waals surface area (Å²) < 4.78 is 64.8. The first-order valence-corrected chi connectivity index (χ1v) is 10.4. The van der Waals surface area contributed by atoms with Crippen LogP contribution in [0.15, 0.2) is 35.6 Å². The second-order valence-electron chi connectivity index (χ2n) is 8.43. The summed E-state index contributed by atoms with van der Waals surface area (Å²) in [4.78, 5) is 24.5. The first kappa shape index (κ1) is 24.3. The summed E-state index contributed by atoms with van der Waals surface area (Å²) in [6.45, 7) is -0.0167. The van der Waals surface area contributed by atoms with Gasteiger partial charge in [-0.15, -0.1) is 0 Å². The van der Waals surface area contributed by atoms with Crippen LogP contribution in [-0.4, -0.2) is 47.7 Å². The zero-order valence-electron chi connectivity index (χ0n) is 18.3. The first-order valence-electron chi connectivity index (χ1n) is 10.4. The zero-order chi connectivity index (χ0) is 25.4. The number of carbonyl (C=O) groups excluding carboxylic acids is 1. The Morgan fingerprint density at radius 3 is 2.80 bits per heavy atom. The highest BCUT2D eigenvalue weighted by molar-refractivity contribution is 6.02. The lowest BCUT2D eigenvalue weighted by Crippen LogP contribution is -2.50. The largest absolute Gasteiger partial charge is 0.445 e. The van der Waals surface area contributed by atoms with Crippen LogP contribution in [0.2, 0.25) is 0 Å². The van der Waals surface area contributed by atoms with Crippen molar-refractivity contribution in [3.63, 3.8) is 0 Å². The van der Waals surface area contributed by atoms with E-state index in [1.807, 2.05) is 6.07 Å². The van der Waals surface area contributed by atoms with E-state index in [0.29, 0.717) is 0 Å². The van der Waals surface area contributed by atoms with Crippen LogP contribution in [0, 0.1) is 28.5 Å². The standard InChI is InChI=1S/C22H20F4N6O3/c1-21(8-27)5-13-17(18(25)26)34-9-22(13,32-20(21)28)12-4-11(2-3-14(12)24)31-19(33)15-6-30-16(7-29-15)35-10-23/h2-4,6-7,13,17-18H,5,9-10H2,1H3,(H2,28,32)(H,31,33)/t13-,17+,21+,22-/m1/s1. The number of halogens is 4. The zero-order valence-corrected chi connectivity index (χ0v) is 18.3. The molecule has 3 N–H and O–H groups in total. The molecule has 2 aliphatic rings. The van der Waals surface area contributed by atoms with Crippen molar-refractivity contribution in [1.29, 1.82) is 5.26 Å². The molecule has 9 nitrogen and oxygen atoms in total. The molecule has 4 rings (SSSR count). The number of aromatic nitrogens is 2. The molecule has 1 aromatic heterocycles. The number of amidine groups is 1. The number of nitrogens with two attached hydrogens (primary N) is 1. The number of alkyl halides is 3. The summed E-state index contributed by atoms with van der Waals surface area (Å²) >= 11 is 0. The summed E-state index contributed by atoms with van der Waals surface area (Å²) in [5, 5.41) is 12.1. The van der Waals surface area contributed by atoms with Gasteiger partial charge in [0.1, 0.15) is 34.4 Å². The Morgan fingerprint density at radius 1 is 1.40 bits per heavy atom. The van der Waals surface area contributed by atoms with Crippen molar-refractivity contribution < 1.29 is 31.8 Å². The van der Waals surface area contributed by atoms with Gasteiger partial charge in [-0.05, 0) is 31.5 Å². The van der Waals surface area contributed by atoms with E-state index in [9.17, 15) is 23.2 Å². The molecule has 4 atom stereocenters. The van der Waals surface area contributed by atoms with Gasteiger partial charge in [0.15, 0.2) is 0 Å². The van der Waals surface area contributed by atoms with Crippen molar-refractivity contribution in [2.24, 2.45) is 22.1 Å². The molecular weight excluding hydrogens is 472 g/mol. The van der Waals surface area contributed by atoms with E-state index in [1.54, 1.807) is 0 Å². The Morgan fingerprint density at radius 2 is 2.17 bits per heavy atom. The summed E-state index contributed by atoms with van der Waals surface area (Å²) in [6.07, 6.45) is -2.48. The molecule has 2 aromatic rings. The quantitative estimate of drug-likeness (QED) is 0.592. The maximum Gasteiger partial charge on any atom is 0.275 e. The maximum absolute atomic E-state index is 15.1. The minimum Gasteiger partial charge on any atom is -0.445 e. The van der Waals surface area contributed by atoms with Gasteiger partial charge >= 0.3 is 0 Å². The summed E-state index contributed by atoms with van der Waals surface area (Å²) in [5.41, 5.74) is 2.98. The third-order valence-electron chi connectivity index (χ3n) is 6.27. The Labute approximate surface area is 197 Å². The normalized spacial score (nSPS) is 27.6. The third-order valence-corrected chi connectivity index (χ3v) is 6.27. The number of hydrogen-bond acceptors (Lipinski definition) is 8. The van der Waals surface area contributed by atoms with Crippen LogP contribution in [-0.2, 0) is 10.3 Å². The van der Waals surface area contributed by atoms with E-state index >= 15 is 4.39 Å². The van der Waals surface area contributed by atoms with Crippen LogP contribution in [0.3, 0.4) is 0 Å². The number of anilines is 1. The number of hydrogen-bond donors (Lipinski definition) is 2. The summed E-state index contributed by atoms with van der Waals surface area (Å²) in [7, 11) is 0. The van der Waals surface area contributed by atoms with Gasteiger partial charge in [0, 0.05) is 17.2 Å². The molecule has 184 valence electrons. The van der Waals surface area contributed by atoms with Gasteiger partial charge < -0.3 is 20.5 Å². The number of nitriles is 1. The second-order valence-corrected chi connectivity index (χ2v) is 8.43. The van der Waals surface area contributed by atoms with Crippen molar-refractivity contribution in [3.8, 4) is 11.9 Å². The smallest absolute Gasteiger partial charge is 0.275 e. The fraction of sp³-hybridized carbons (Fsp3) is 0.409. The van der Waals surface area contributed by atoms with E-state index in [4.69, 9.17) is 10.5 Å². The van der Waals surface area contributed by atoms with Gasteiger partial charge in [0.2, 0.25) is 12.7 Å². The van der Waals surface area contributed by atoms with Crippen LogP contribution in [0.5, 0.6) is 5.88 Å². The molecule has 0 bridgehead atoms. The lowest BCUT2D eigenvalue weighted by atomic mass is 9.66. The highest BCUT2D eigenvalue weighted by atomic mass is 19.3. The van der Waals surface area contributed by atoms with Crippen molar-refractivity contribution in [3.05, 3.63) is 47.7 Å². The molecule has 0 radical (unpaired) electrons. The SMILES string of the molecule is C[C@@]1(C#N)C[C@@H]2[C@@H](C(F)F)OC[C@]2(c2cc(NC(=O)c3cnc(OCF)cn3)ccc2F)N=C1N. The fourth-order valence-electron chi connectivity index (χ4n) is 4.38. The van der Waals surface area contributed by atoms with Crippen molar-refractivity contribution in [2.45, 2.75) is 31.4 Å². The number of ether oxygens (including phenoxy) is 2. The summed E-state index contributed by atoms with van der Waals surface area (Å²) in [5.74, 6) is -2.77. The Balaban J connectivity index is 1.70. The van der Waals surface area contributed by atoms with Gasteiger partial charge in [-0.25, -0.2) is 27.5 Å². The predicted octanol–water partition coefficient (Wildman–Crippen LogP) is 2.94. The molecule has 1 saturated heterocycles.